The Labute approximate surface area is 138 Å². The van der Waals surface area contributed by atoms with Crippen molar-refractivity contribution in [3.05, 3.63) is 65.6 Å². The van der Waals surface area contributed by atoms with Gasteiger partial charge in [-0.15, -0.1) is 11.8 Å². The minimum Gasteiger partial charge on any atom is -0.358 e. The number of carbonyl (C=O) groups excluding carboxylic acids is 1. The molecule has 0 aliphatic carbocycles. The lowest BCUT2D eigenvalue weighted by atomic mass is 10.2. The number of aromatic amines is 1. The van der Waals surface area contributed by atoms with E-state index in [1.165, 1.54) is 28.5 Å². The number of para-hydroxylation sites is 1. The first kappa shape index (κ1) is 15.6. The quantitative estimate of drug-likeness (QED) is 0.546. The second kappa shape index (κ2) is 6.87. The fourth-order valence-corrected chi connectivity index (χ4v) is 3.50. The molecule has 2 N–H and O–H groups in total. The summed E-state index contributed by atoms with van der Waals surface area (Å²) in [4.78, 5) is 16.5. The first-order valence-corrected chi connectivity index (χ1v) is 8.37. The zero-order chi connectivity index (χ0) is 16.2. The summed E-state index contributed by atoms with van der Waals surface area (Å²) >= 11 is 1.70. The molecular formula is C18H17FN2OS. The van der Waals surface area contributed by atoms with Crippen LogP contribution in [-0.2, 0) is 0 Å². The summed E-state index contributed by atoms with van der Waals surface area (Å²) in [6.45, 7) is 2.58. The second-order valence-corrected chi connectivity index (χ2v) is 6.34. The van der Waals surface area contributed by atoms with Crippen LogP contribution in [0, 0.1) is 12.7 Å². The third-order valence-corrected chi connectivity index (χ3v) is 4.78. The Kier molecular flexibility index (Phi) is 4.67. The van der Waals surface area contributed by atoms with Crippen LogP contribution in [0.3, 0.4) is 0 Å². The molecule has 1 heterocycles. The first-order chi connectivity index (χ1) is 11.1. The predicted molar refractivity (Wildman–Crippen MR) is 92.5 cm³/mol. The molecule has 0 aliphatic heterocycles. The molecule has 2 aromatic carbocycles. The number of thioether (sulfide) groups is 1. The first-order valence-electron chi connectivity index (χ1n) is 7.39. The lowest BCUT2D eigenvalue weighted by Gasteiger charge is -2.06. The molecule has 0 bridgehead atoms. The van der Waals surface area contributed by atoms with Gasteiger partial charge in [0.25, 0.3) is 5.91 Å². The van der Waals surface area contributed by atoms with E-state index in [0.29, 0.717) is 12.1 Å². The van der Waals surface area contributed by atoms with E-state index in [1.807, 2.05) is 19.1 Å². The van der Waals surface area contributed by atoms with Crippen LogP contribution in [-0.4, -0.2) is 23.2 Å². The summed E-state index contributed by atoms with van der Waals surface area (Å²) in [5, 5.41) is 4.02. The third kappa shape index (κ3) is 3.56. The predicted octanol–water partition coefficient (Wildman–Crippen LogP) is 4.14. The molecule has 5 heteroatoms. The van der Waals surface area contributed by atoms with Crippen molar-refractivity contribution < 1.29 is 9.18 Å². The normalized spacial score (nSPS) is 10.9. The number of fused-ring (bicyclic) bond motifs is 1. The summed E-state index contributed by atoms with van der Waals surface area (Å²) in [6.07, 6.45) is 0. The van der Waals surface area contributed by atoms with Crippen molar-refractivity contribution in [1.29, 1.82) is 0 Å². The highest BCUT2D eigenvalue weighted by Crippen LogP contribution is 2.30. The van der Waals surface area contributed by atoms with Crippen molar-refractivity contribution in [2.75, 3.05) is 12.3 Å². The third-order valence-electron chi connectivity index (χ3n) is 3.56. The van der Waals surface area contributed by atoms with Gasteiger partial charge in [0.2, 0.25) is 0 Å². The Morgan fingerprint density at radius 3 is 2.87 bits per heavy atom. The molecule has 0 aliphatic rings. The van der Waals surface area contributed by atoms with Crippen molar-refractivity contribution in [2.24, 2.45) is 0 Å². The SMILES string of the molecule is Cc1[nH]c2ccccc2c1SCCNC(=O)c1cccc(F)c1. The van der Waals surface area contributed by atoms with Crippen molar-refractivity contribution in [3.8, 4) is 0 Å². The number of halogens is 1. The van der Waals surface area contributed by atoms with E-state index in [0.717, 1.165) is 17.0 Å². The summed E-state index contributed by atoms with van der Waals surface area (Å²) < 4.78 is 13.1. The van der Waals surface area contributed by atoms with Crippen LogP contribution in [0.2, 0.25) is 0 Å². The minimum atomic E-state index is -0.401. The van der Waals surface area contributed by atoms with Gasteiger partial charge in [-0.3, -0.25) is 4.79 Å². The number of amides is 1. The van der Waals surface area contributed by atoms with Crippen LogP contribution in [0.25, 0.3) is 10.9 Å². The zero-order valence-corrected chi connectivity index (χ0v) is 13.5. The van der Waals surface area contributed by atoms with Crippen molar-refractivity contribution >= 4 is 28.6 Å². The summed E-state index contributed by atoms with van der Waals surface area (Å²) in [7, 11) is 0. The maximum atomic E-state index is 13.1. The number of nitrogens with one attached hydrogen (secondary N) is 2. The number of hydrogen-bond acceptors (Lipinski definition) is 2. The van der Waals surface area contributed by atoms with Crippen LogP contribution in [0.5, 0.6) is 0 Å². The van der Waals surface area contributed by atoms with Gasteiger partial charge in [0, 0.05) is 39.4 Å². The van der Waals surface area contributed by atoms with Gasteiger partial charge in [0.05, 0.1) is 0 Å². The number of benzene rings is 2. The molecule has 1 amide bonds. The topological polar surface area (TPSA) is 44.9 Å². The fraction of sp³-hybridized carbons (Fsp3) is 0.167. The molecule has 1 aromatic heterocycles. The maximum absolute atomic E-state index is 13.1. The van der Waals surface area contributed by atoms with E-state index < -0.39 is 5.82 Å². The Hall–Kier alpha value is -2.27. The molecule has 3 aromatic rings. The van der Waals surface area contributed by atoms with E-state index in [9.17, 15) is 9.18 Å². The summed E-state index contributed by atoms with van der Waals surface area (Å²) in [5.41, 5.74) is 2.60. The molecule has 118 valence electrons. The molecule has 23 heavy (non-hydrogen) atoms. The van der Waals surface area contributed by atoms with Gasteiger partial charge in [-0.05, 0) is 31.2 Å². The fourth-order valence-electron chi connectivity index (χ4n) is 2.49. The number of H-pyrrole nitrogens is 1. The minimum absolute atomic E-state index is 0.249. The highest BCUT2D eigenvalue weighted by atomic mass is 32.2. The molecule has 0 spiro atoms. The Morgan fingerprint density at radius 2 is 2.04 bits per heavy atom. The van der Waals surface area contributed by atoms with Gasteiger partial charge in [0.15, 0.2) is 0 Å². The van der Waals surface area contributed by atoms with E-state index in [1.54, 1.807) is 17.8 Å². The van der Waals surface area contributed by atoms with E-state index >= 15 is 0 Å². The van der Waals surface area contributed by atoms with Crippen molar-refractivity contribution in [1.82, 2.24) is 10.3 Å². The average Bonchev–Trinajstić information content (AvgIpc) is 2.87. The number of rotatable bonds is 5. The van der Waals surface area contributed by atoms with Crippen molar-refractivity contribution in [2.45, 2.75) is 11.8 Å². The second-order valence-electron chi connectivity index (χ2n) is 5.24. The molecule has 0 saturated carbocycles. The van der Waals surface area contributed by atoms with Gasteiger partial charge in [0.1, 0.15) is 5.82 Å². The van der Waals surface area contributed by atoms with Crippen LogP contribution in [0.4, 0.5) is 4.39 Å². The lowest BCUT2D eigenvalue weighted by Crippen LogP contribution is -2.25. The maximum Gasteiger partial charge on any atom is 0.251 e. The van der Waals surface area contributed by atoms with Crippen molar-refractivity contribution in [3.63, 3.8) is 0 Å². The molecule has 0 unspecified atom stereocenters. The van der Waals surface area contributed by atoms with Gasteiger partial charge < -0.3 is 10.3 Å². The highest BCUT2D eigenvalue weighted by molar-refractivity contribution is 7.99. The molecule has 0 fully saturated rings. The Morgan fingerprint density at radius 1 is 1.22 bits per heavy atom. The molecule has 3 rings (SSSR count). The lowest BCUT2D eigenvalue weighted by molar-refractivity contribution is 0.0955. The standard InChI is InChI=1S/C18H17FN2OS/c1-12-17(15-7-2-3-8-16(15)21-12)23-10-9-20-18(22)13-5-4-6-14(19)11-13/h2-8,11,21H,9-10H2,1H3,(H,20,22). The summed E-state index contributed by atoms with van der Waals surface area (Å²) in [6, 6.07) is 13.9. The van der Waals surface area contributed by atoms with Crippen LogP contribution in [0.1, 0.15) is 16.1 Å². The Bertz CT molecular complexity index is 844. The largest absolute Gasteiger partial charge is 0.358 e. The average molecular weight is 328 g/mol. The summed E-state index contributed by atoms with van der Waals surface area (Å²) in [5.74, 6) is 0.103. The monoisotopic (exact) mass is 328 g/mol. The number of aromatic nitrogens is 1. The molecule has 3 nitrogen and oxygen atoms in total. The van der Waals surface area contributed by atoms with Gasteiger partial charge >= 0.3 is 0 Å². The van der Waals surface area contributed by atoms with Gasteiger partial charge in [-0.1, -0.05) is 24.3 Å². The smallest absolute Gasteiger partial charge is 0.251 e. The molecule has 0 atom stereocenters. The van der Waals surface area contributed by atoms with E-state index in [-0.39, 0.29) is 5.91 Å². The number of aryl methyl sites for hydroxylation is 1. The van der Waals surface area contributed by atoms with Gasteiger partial charge in [-0.25, -0.2) is 4.39 Å². The highest BCUT2D eigenvalue weighted by Gasteiger charge is 2.09. The molecular weight excluding hydrogens is 311 g/mol. The number of hydrogen-bond donors (Lipinski definition) is 2. The van der Waals surface area contributed by atoms with Gasteiger partial charge in [-0.2, -0.15) is 0 Å². The van der Waals surface area contributed by atoms with Crippen LogP contribution >= 0.6 is 11.8 Å². The molecule has 0 radical (unpaired) electrons. The Balaban J connectivity index is 1.57. The zero-order valence-electron chi connectivity index (χ0n) is 12.7. The van der Waals surface area contributed by atoms with Crippen LogP contribution in [0.15, 0.2) is 53.4 Å². The number of carbonyl (C=O) groups is 1. The van der Waals surface area contributed by atoms with E-state index in [4.69, 9.17) is 0 Å². The van der Waals surface area contributed by atoms with Crippen LogP contribution < -0.4 is 5.32 Å². The van der Waals surface area contributed by atoms with E-state index in [2.05, 4.69) is 22.4 Å². The molecule has 0 saturated heterocycles.